The van der Waals surface area contributed by atoms with Crippen LogP contribution in [-0.2, 0) is 0 Å². The van der Waals surface area contributed by atoms with E-state index in [9.17, 15) is 0 Å². The first-order chi connectivity index (χ1) is 11.6. The lowest BCUT2D eigenvalue weighted by Gasteiger charge is -2.09. The molecule has 0 bridgehead atoms. The Balaban J connectivity index is 2.38. The minimum atomic E-state index is -1.91. The summed E-state index contributed by atoms with van der Waals surface area (Å²) >= 11 is 0. The van der Waals surface area contributed by atoms with Gasteiger partial charge < -0.3 is 0 Å². The Morgan fingerprint density at radius 3 is 1.12 bits per heavy atom. The van der Waals surface area contributed by atoms with E-state index in [1.54, 1.807) is 0 Å². The summed E-state index contributed by atoms with van der Waals surface area (Å²) in [6.45, 7) is 17.3. The van der Waals surface area contributed by atoms with Crippen LogP contribution in [0, 0.1) is 64.5 Å². The fourth-order valence-corrected chi connectivity index (χ4v) is 4.16. The highest BCUT2D eigenvalue weighted by Gasteiger charge is 2.15. The summed E-state index contributed by atoms with van der Waals surface area (Å²) in [6, 6.07) is 8.82. The Hall–Kier alpha value is -2.22. The van der Waals surface area contributed by atoms with Crippen molar-refractivity contribution in [2.24, 2.45) is 0 Å². The normalized spacial score (nSPS) is 10.6. The first-order valence-electron chi connectivity index (χ1n) is 8.81. The van der Waals surface area contributed by atoms with Crippen molar-refractivity contribution in [1.29, 1.82) is 0 Å². The molecule has 0 aliphatic heterocycles. The molecule has 0 nitrogen and oxygen atoms in total. The van der Waals surface area contributed by atoms with Gasteiger partial charge in [0.25, 0.3) is 0 Å². The predicted molar refractivity (Wildman–Crippen MR) is 113 cm³/mol. The van der Waals surface area contributed by atoms with Crippen LogP contribution in [0.3, 0.4) is 0 Å². The third kappa shape index (κ3) is 4.88. The van der Waals surface area contributed by atoms with Crippen LogP contribution < -0.4 is 0 Å². The van der Waals surface area contributed by atoms with E-state index in [1.807, 2.05) is 0 Å². The van der Waals surface area contributed by atoms with Crippen LogP contribution in [0.25, 0.3) is 0 Å². The molecular formula is C24H28Si. The summed E-state index contributed by atoms with van der Waals surface area (Å²) < 4.78 is 0. The van der Waals surface area contributed by atoms with Gasteiger partial charge in [0.05, 0.1) is 0 Å². The number of benzene rings is 2. The van der Waals surface area contributed by atoms with E-state index in [-0.39, 0.29) is 0 Å². The van der Waals surface area contributed by atoms with Crippen LogP contribution in [0.1, 0.15) is 44.5 Å². The molecule has 0 unspecified atom stereocenters. The van der Waals surface area contributed by atoms with Crippen molar-refractivity contribution in [3.05, 3.63) is 68.8 Å². The second kappa shape index (κ2) is 7.34. The lowest BCUT2D eigenvalue weighted by Crippen LogP contribution is -2.21. The lowest BCUT2D eigenvalue weighted by atomic mass is 10.0. The second-order valence-electron chi connectivity index (χ2n) is 7.67. The van der Waals surface area contributed by atoms with E-state index in [0.29, 0.717) is 0 Å². The predicted octanol–water partition coefficient (Wildman–Crippen LogP) is 5.73. The number of rotatable bonds is 0. The average molecular weight is 345 g/mol. The molecule has 1 heteroatoms. The number of hydrogen-bond donors (Lipinski definition) is 0. The molecule has 0 N–H and O–H groups in total. The quantitative estimate of drug-likeness (QED) is 0.423. The SMILES string of the molecule is Cc1cc(C)c(C#C[Si](C)(C)C#Cc2c(C)cc(C)cc2C)c(C)c1. The molecule has 0 aromatic heterocycles. The van der Waals surface area contributed by atoms with Gasteiger partial charge >= 0.3 is 0 Å². The largest absolute Gasteiger partial charge is 0.211 e. The van der Waals surface area contributed by atoms with Gasteiger partial charge in [-0.1, -0.05) is 47.2 Å². The molecule has 2 aromatic rings. The lowest BCUT2D eigenvalue weighted by molar-refractivity contribution is 1.30. The Labute approximate surface area is 154 Å². The smallest absolute Gasteiger partial charge is 0.111 e. The zero-order chi connectivity index (χ0) is 18.8. The maximum atomic E-state index is 3.51. The first kappa shape index (κ1) is 19.1. The maximum absolute atomic E-state index is 3.51. The van der Waals surface area contributed by atoms with Crippen LogP contribution in [0.2, 0.25) is 13.1 Å². The third-order valence-corrected chi connectivity index (χ3v) is 5.85. The summed E-state index contributed by atoms with van der Waals surface area (Å²) in [4.78, 5) is 0. The zero-order valence-electron chi connectivity index (χ0n) is 16.8. The summed E-state index contributed by atoms with van der Waals surface area (Å²) in [6.07, 6.45) is 0. The molecule has 2 rings (SSSR count). The number of aryl methyl sites for hydroxylation is 6. The van der Waals surface area contributed by atoms with Gasteiger partial charge in [-0.15, -0.1) is 11.1 Å². The van der Waals surface area contributed by atoms with Gasteiger partial charge in [-0.05, 0) is 76.9 Å². The highest BCUT2D eigenvalue weighted by Crippen LogP contribution is 2.17. The Morgan fingerprint density at radius 2 is 0.840 bits per heavy atom. The van der Waals surface area contributed by atoms with E-state index >= 15 is 0 Å². The topological polar surface area (TPSA) is 0 Å². The zero-order valence-corrected chi connectivity index (χ0v) is 17.8. The molecule has 0 saturated carbocycles. The van der Waals surface area contributed by atoms with Crippen molar-refractivity contribution < 1.29 is 0 Å². The van der Waals surface area contributed by atoms with Crippen molar-refractivity contribution in [3.8, 4) is 22.9 Å². The van der Waals surface area contributed by atoms with Gasteiger partial charge in [-0.2, -0.15) is 0 Å². The molecule has 25 heavy (non-hydrogen) atoms. The fraction of sp³-hybridized carbons (Fsp3) is 0.333. The van der Waals surface area contributed by atoms with Crippen molar-refractivity contribution >= 4 is 8.07 Å². The molecule has 0 heterocycles. The van der Waals surface area contributed by atoms with E-state index < -0.39 is 8.07 Å². The average Bonchev–Trinajstić information content (AvgIpc) is 2.44. The molecule has 0 aliphatic rings. The Bertz CT molecular complexity index is 814. The molecule has 0 amide bonds. The molecule has 0 fully saturated rings. The third-order valence-electron chi connectivity index (χ3n) is 4.35. The molecule has 0 spiro atoms. The van der Waals surface area contributed by atoms with Gasteiger partial charge in [0.1, 0.15) is 0 Å². The van der Waals surface area contributed by atoms with Gasteiger partial charge in [0.2, 0.25) is 8.07 Å². The molecule has 0 radical (unpaired) electrons. The van der Waals surface area contributed by atoms with Crippen LogP contribution in [0.5, 0.6) is 0 Å². The molecule has 2 aromatic carbocycles. The van der Waals surface area contributed by atoms with Crippen molar-refractivity contribution in [1.82, 2.24) is 0 Å². The number of hydrogen-bond acceptors (Lipinski definition) is 0. The summed E-state index contributed by atoms with van der Waals surface area (Å²) in [5, 5.41) is 0. The van der Waals surface area contributed by atoms with Gasteiger partial charge in [-0.3, -0.25) is 0 Å². The van der Waals surface area contributed by atoms with Gasteiger partial charge in [0, 0.05) is 11.1 Å². The highest BCUT2D eigenvalue weighted by atomic mass is 28.3. The summed E-state index contributed by atoms with van der Waals surface area (Å²) in [5.74, 6) is 6.87. The molecule has 0 aliphatic carbocycles. The second-order valence-corrected chi connectivity index (χ2v) is 11.4. The molecular weight excluding hydrogens is 316 g/mol. The molecule has 0 atom stereocenters. The monoisotopic (exact) mass is 344 g/mol. The van der Waals surface area contributed by atoms with Gasteiger partial charge in [-0.25, -0.2) is 0 Å². The van der Waals surface area contributed by atoms with Crippen LogP contribution in [0.15, 0.2) is 24.3 Å². The standard InChI is InChI=1S/C24H28Si/c1-17-13-19(3)23(20(4)14-17)9-11-25(7,8)12-10-24-21(5)15-18(2)16-22(24)6/h13-16H,1-8H3. The van der Waals surface area contributed by atoms with Gasteiger partial charge in [0.15, 0.2) is 0 Å². The van der Waals surface area contributed by atoms with E-state index in [0.717, 1.165) is 11.1 Å². The van der Waals surface area contributed by atoms with Crippen LogP contribution >= 0.6 is 0 Å². The Kier molecular flexibility index (Phi) is 5.61. The van der Waals surface area contributed by atoms with Crippen LogP contribution in [-0.4, -0.2) is 8.07 Å². The Morgan fingerprint density at radius 1 is 0.560 bits per heavy atom. The van der Waals surface area contributed by atoms with Crippen molar-refractivity contribution in [2.75, 3.05) is 0 Å². The van der Waals surface area contributed by atoms with E-state index in [2.05, 4.69) is 102 Å². The first-order valence-corrected chi connectivity index (χ1v) is 11.8. The van der Waals surface area contributed by atoms with Crippen LogP contribution in [0.4, 0.5) is 0 Å². The fourth-order valence-electron chi connectivity index (χ4n) is 3.22. The van der Waals surface area contributed by atoms with Crippen molar-refractivity contribution in [3.63, 3.8) is 0 Å². The van der Waals surface area contributed by atoms with Crippen molar-refractivity contribution in [2.45, 2.75) is 54.6 Å². The molecule has 0 saturated heterocycles. The maximum Gasteiger partial charge on any atom is 0.211 e. The minimum Gasteiger partial charge on any atom is -0.111 e. The van der Waals surface area contributed by atoms with E-state index in [4.69, 9.17) is 0 Å². The summed E-state index contributed by atoms with van der Waals surface area (Å²) in [7, 11) is -1.91. The highest BCUT2D eigenvalue weighted by molar-refractivity contribution is 6.92. The molecule has 128 valence electrons. The van der Waals surface area contributed by atoms with E-state index in [1.165, 1.54) is 33.4 Å². The summed E-state index contributed by atoms with van der Waals surface area (Å²) in [5.41, 5.74) is 17.0. The minimum absolute atomic E-state index is 1.16.